The second-order valence-corrected chi connectivity index (χ2v) is 4.72. The first-order valence-corrected chi connectivity index (χ1v) is 6.38. The van der Waals surface area contributed by atoms with E-state index in [4.69, 9.17) is 10.5 Å². The number of nitro groups is 1. The number of hydrogen-bond donors (Lipinski definition) is 1. The first kappa shape index (κ1) is 14.9. The molecular formula is C15H15FN2O3. The van der Waals surface area contributed by atoms with Crippen molar-refractivity contribution in [3.05, 3.63) is 69.5 Å². The van der Waals surface area contributed by atoms with Crippen molar-refractivity contribution in [2.24, 2.45) is 5.73 Å². The van der Waals surface area contributed by atoms with Gasteiger partial charge in [-0.25, -0.2) is 4.39 Å². The Labute approximate surface area is 121 Å². The van der Waals surface area contributed by atoms with Gasteiger partial charge in [-0.15, -0.1) is 0 Å². The average Bonchev–Trinajstić information content (AvgIpc) is 2.45. The lowest BCUT2D eigenvalue weighted by Crippen LogP contribution is -2.05. The van der Waals surface area contributed by atoms with Crippen molar-refractivity contribution in [1.82, 2.24) is 0 Å². The fourth-order valence-corrected chi connectivity index (χ4v) is 1.88. The van der Waals surface area contributed by atoms with Gasteiger partial charge in [0.05, 0.1) is 11.0 Å². The molecule has 0 radical (unpaired) electrons. The first-order chi connectivity index (χ1) is 9.95. The summed E-state index contributed by atoms with van der Waals surface area (Å²) in [6.45, 7) is 1.90. The Morgan fingerprint density at radius 1 is 1.33 bits per heavy atom. The molecule has 0 aliphatic heterocycles. The molecule has 6 heteroatoms. The maximum atomic E-state index is 13.3. The van der Waals surface area contributed by atoms with Crippen molar-refractivity contribution in [1.29, 1.82) is 0 Å². The molecule has 0 aliphatic carbocycles. The first-order valence-electron chi connectivity index (χ1n) is 6.38. The lowest BCUT2D eigenvalue weighted by Gasteiger charge is -2.10. The average molecular weight is 290 g/mol. The Hall–Kier alpha value is -2.47. The van der Waals surface area contributed by atoms with Crippen LogP contribution in [0.15, 0.2) is 42.5 Å². The number of rotatable bonds is 5. The van der Waals surface area contributed by atoms with Crippen LogP contribution in [-0.4, -0.2) is 4.92 Å². The second kappa shape index (κ2) is 6.32. The maximum Gasteiger partial charge on any atom is 0.272 e. The molecule has 21 heavy (non-hydrogen) atoms. The monoisotopic (exact) mass is 290 g/mol. The minimum Gasteiger partial charge on any atom is -0.489 e. The van der Waals surface area contributed by atoms with Gasteiger partial charge in [-0.3, -0.25) is 10.1 Å². The van der Waals surface area contributed by atoms with Crippen molar-refractivity contribution in [2.75, 3.05) is 0 Å². The van der Waals surface area contributed by atoms with Crippen LogP contribution in [0.3, 0.4) is 0 Å². The topological polar surface area (TPSA) is 78.4 Å². The quantitative estimate of drug-likeness (QED) is 0.676. The van der Waals surface area contributed by atoms with E-state index in [9.17, 15) is 14.5 Å². The smallest absolute Gasteiger partial charge is 0.272 e. The van der Waals surface area contributed by atoms with Gasteiger partial charge in [0.25, 0.3) is 5.69 Å². The molecule has 0 spiro atoms. The number of hydrogen-bond acceptors (Lipinski definition) is 4. The molecule has 1 unspecified atom stereocenters. The summed E-state index contributed by atoms with van der Waals surface area (Å²) in [5.74, 6) is -0.0798. The SMILES string of the molecule is CC(N)c1cccc(OCc2cc(F)cc([N+](=O)[O-])c2)c1. The highest BCUT2D eigenvalue weighted by atomic mass is 19.1. The van der Waals surface area contributed by atoms with Crippen LogP contribution in [0, 0.1) is 15.9 Å². The number of nitrogens with two attached hydrogens (primary N) is 1. The third kappa shape index (κ3) is 4.00. The molecule has 2 N–H and O–H groups in total. The van der Waals surface area contributed by atoms with Crippen LogP contribution in [0.1, 0.15) is 24.1 Å². The van der Waals surface area contributed by atoms with Gasteiger partial charge in [-0.05, 0) is 36.2 Å². The lowest BCUT2D eigenvalue weighted by atomic mass is 10.1. The fraction of sp³-hybridized carbons (Fsp3) is 0.200. The Balaban J connectivity index is 2.13. The summed E-state index contributed by atoms with van der Waals surface area (Å²) in [5, 5.41) is 10.7. The molecule has 110 valence electrons. The third-order valence-corrected chi connectivity index (χ3v) is 2.94. The third-order valence-electron chi connectivity index (χ3n) is 2.94. The second-order valence-electron chi connectivity index (χ2n) is 4.72. The molecule has 0 heterocycles. The van der Waals surface area contributed by atoms with E-state index >= 15 is 0 Å². The van der Waals surface area contributed by atoms with Gasteiger partial charge in [0, 0.05) is 12.1 Å². The van der Waals surface area contributed by atoms with E-state index in [0.29, 0.717) is 11.3 Å². The van der Waals surface area contributed by atoms with Gasteiger partial charge >= 0.3 is 0 Å². The summed E-state index contributed by atoms with van der Waals surface area (Å²) in [7, 11) is 0. The number of ether oxygens (including phenoxy) is 1. The van der Waals surface area contributed by atoms with Crippen LogP contribution in [0.5, 0.6) is 5.75 Å². The predicted octanol–water partition coefficient (Wildman–Crippen LogP) is 3.33. The van der Waals surface area contributed by atoms with E-state index < -0.39 is 10.7 Å². The van der Waals surface area contributed by atoms with Crippen LogP contribution in [0.2, 0.25) is 0 Å². The van der Waals surface area contributed by atoms with E-state index in [1.807, 2.05) is 19.1 Å². The maximum absolute atomic E-state index is 13.3. The molecule has 0 aromatic heterocycles. The Bertz CT molecular complexity index is 659. The highest BCUT2D eigenvalue weighted by molar-refractivity contribution is 5.35. The molecule has 0 saturated carbocycles. The Morgan fingerprint density at radius 3 is 2.76 bits per heavy atom. The van der Waals surface area contributed by atoms with Crippen LogP contribution in [0.25, 0.3) is 0 Å². The van der Waals surface area contributed by atoms with Gasteiger partial charge in [-0.1, -0.05) is 12.1 Å². The zero-order chi connectivity index (χ0) is 15.4. The normalized spacial score (nSPS) is 12.0. The predicted molar refractivity (Wildman–Crippen MR) is 76.4 cm³/mol. The minimum atomic E-state index is -0.660. The highest BCUT2D eigenvalue weighted by Crippen LogP contribution is 2.21. The highest BCUT2D eigenvalue weighted by Gasteiger charge is 2.10. The van der Waals surface area contributed by atoms with Gasteiger partial charge in [0.2, 0.25) is 0 Å². The summed E-state index contributed by atoms with van der Waals surface area (Å²) in [5.41, 5.74) is 6.80. The number of non-ortho nitro benzene ring substituents is 1. The summed E-state index contributed by atoms with van der Waals surface area (Å²) in [6, 6.07) is 10.5. The Kier molecular flexibility index (Phi) is 4.49. The zero-order valence-electron chi connectivity index (χ0n) is 11.5. The van der Waals surface area contributed by atoms with E-state index in [1.54, 1.807) is 12.1 Å². The molecule has 2 aromatic carbocycles. The van der Waals surface area contributed by atoms with Crippen molar-refractivity contribution in [3.63, 3.8) is 0 Å². The summed E-state index contributed by atoms with van der Waals surface area (Å²) < 4.78 is 18.8. The minimum absolute atomic E-state index is 0.0427. The molecule has 0 bridgehead atoms. The summed E-state index contributed by atoms with van der Waals surface area (Å²) >= 11 is 0. The van der Waals surface area contributed by atoms with E-state index in [1.165, 1.54) is 12.1 Å². The zero-order valence-corrected chi connectivity index (χ0v) is 11.5. The van der Waals surface area contributed by atoms with Gasteiger partial charge in [0.15, 0.2) is 0 Å². The standard InChI is InChI=1S/C15H15FN2O3/c1-10(17)12-3-2-4-15(7-12)21-9-11-5-13(16)8-14(6-11)18(19)20/h2-8,10H,9,17H2,1H3. The van der Waals surface area contributed by atoms with Gasteiger partial charge in [0.1, 0.15) is 18.2 Å². The van der Waals surface area contributed by atoms with Crippen molar-refractivity contribution < 1.29 is 14.1 Å². The van der Waals surface area contributed by atoms with Crippen molar-refractivity contribution >= 4 is 5.69 Å². The van der Waals surface area contributed by atoms with Crippen LogP contribution < -0.4 is 10.5 Å². The van der Waals surface area contributed by atoms with E-state index in [2.05, 4.69) is 0 Å². The summed E-state index contributed by atoms with van der Waals surface area (Å²) in [6.07, 6.45) is 0. The Morgan fingerprint density at radius 2 is 2.10 bits per heavy atom. The molecule has 2 rings (SSSR count). The van der Waals surface area contributed by atoms with Crippen molar-refractivity contribution in [3.8, 4) is 5.75 Å². The van der Waals surface area contributed by atoms with Crippen LogP contribution >= 0.6 is 0 Å². The summed E-state index contributed by atoms with van der Waals surface area (Å²) in [4.78, 5) is 10.0. The molecular weight excluding hydrogens is 275 g/mol. The number of benzene rings is 2. The molecule has 2 aromatic rings. The molecule has 0 aliphatic rings. The number of nitro benzene ring substituents is 1. The number of nitrogens with zero attached hydrogens (tertiary/aromatic N) is 1. The van der Waals surface area contributed by atoms with E-state index in [0.717, 1.165) is 11.6 Å². The molecule has 1 atom stereocenters. The molecule has 5 nitrogen and oxygen atoms in total. The van der Waals surface area contributed by atoms with Crippen LogP contribution in [-0.2, 0) is 6.61 Å². The molecule has 0 fully saturated rings. The molecule has 0 amide bonds. The van der Waals surface area contributed by atoms with E-state index in [-0.39, 0.29) is 18.3 Å². The van der Waals surface area contributed by atoms with Crippen molar-refractivity contribution in [2.45, 2.75) is 19.6 Å². The number of halogens is 1. The van der Waals surface area contributed by atoms with Gasteiger partial charge in [-0.2, -0.15) is 0 Å². The van der Waals surface area contributed by atoms with Crippen LogP contribution in [0.4, 0.5) is 10.1 Å². The lowest BCUT2D eigenvalue weighted by molar-refractivity contribution is -0.385. The van der Waals surface area contributed by atoms with Gasteiger partial charge < -0.3 is 10.5 Å². The fourth-order valence-electron chi connectivity index (χ4n) is 1.88. The largest absolute Gasteiger partial charge is 0.489 e. The molecule has 0 saturated heterocycles.